The van der Waals surface area contributed by atoms with Crippen molar-refractivity contribution in [3.05, 3.63) is 74.9 Å². The fraction of sp³-hybridized carbons (Fsp3) is 0.438. The number of amides is 1. The number of likely N-dealkylation sites (N-methyl/N-ethyl adjacent to an activating group) is 1. The molecule has 1 amide bonds. The van der Waals surface area contributed by atoms with Gasteiger partial charge in [0.1, 0.15) is 0 Å². The molecular weight excluding hydrogens is 554 g/mol. The lowest BCUT2D eigenvalue weighted by Gasteiger charge is -2.36. The maximum Gasteiger partial charge on any atom is 0.293 e. The Hall–Kier alpha value is -3.96. The predicted molar refractivity (Wildman–Crippen MR) is 165 cm³/mol. The van der Waals surface area contributed by atoms with Crippen LogP contribution in [0.25, 0.3) is 11.3 Å². The van der Waals surface area contributed by atoms with Gasteiger partial charge in [0.2, 0.25) is 6.43 Å². The van der Waals surface area contributed by atoms with E-state index in [2.05, 4.69) is 40.5 Å². The molecule has 3 aliphatic rings. The van der Waals surface area contributed by atoms with E-state index in [0.29, 0.717) is 47.6 Å². The van der Waals surface area contributed by atoms with Crippen LogP contribution in [0.1, 0.15) is 51.5 Å². The first-order valence-electron chi connectivity index (χ1n) is 14.6. The molecule has 0 bridgehead atoms. The molecule has 43 heavy (non-hydrogen) atoms. The molecule has 228 valence electrons. The van der Waals surface area contributed by atoms with Crippen LogP contribution >= 0.6 is 0 Å². The van der Waals surface area contributed by atoms with Gasteiger partial charge >= 0.3 is 0 Å². The Morgan fingerprint density at radius 1 is 1.19 bits per heavy atom. The summed E-state index contributed by atoms with van der Waals surface area (Å²) in [5.74, 6) is -0.0186. The number of rotatable bonds is 10. The Bertz CT molecular complexity index is 1600. The van der Waals surface area contributed by atoms with Crippen molar-refractivity contribution in [1.82, 2.24) is 14.9 Å². The van der Waals surface area contributed by atoms with E-state index in [1.165, 1.54) is 16.4 Å². The molecule has 1 aliphatic carbocycles. The van der Waals surface area contributed by atoms with E-state index in [4.69, 9.17) is 0 Å². The number of aliphatic imine (C=N–C) groups is 1. The number of hydrogen-bond donors (Lipinski definition) is 3. The van der Waals surface area contributed by atoms with Crippen LogP contribution in [0.15, 0.2) is 68.8 Å². The lowest BCUT2D eigenvalue weighted by atomic mass is 9.80. The van der Waals surface area contributed by atoms with E-state index in [1.807, 2.05) is 19.2 Å². The van der Waals surface area contributed by atoms with E-state index in [0.717, 1.165) is 17.6 Å². The zero-order valence-corrected chi connectivity index (χ0v) is 25.0. The third kappa shape index (κ3) is 6.23. The van der Waals surface area contributed by atoms with Gasteiger partial charge in [0.05, 0.1) is 29.7 Å². The topological polar surface area (TPSA) is 112 Å². The summed E-state index contributed by atoms with van der Waals surface area (Å²) >= 11 is 0. The van der Waals surface area contributed by atoms with Gasteiger partial charge < -0.3 is 25.2 Å². The largest absolute Gasteiger partial charge is 0.392 e. The maximum absolute atomic E-state index is 13.8. The second-order valence-corrected chi connectivity index (χ2v) is 11.7. The van der Waals surface area contributed by atoms with Crippen molar-refractivity contribution >= 4 is 23.6 Å². The summed E-state index contributed by atoms with van der Waals surface area (Å²) in [6, 6.07) is 5.05. The Labute approximate surface area is 249 Å². The molecule has 1 aromatic carbocycles. The molecular formula is C32H38F2N6O3. The van der Waals surface area contributed by atoms with Crippen LogP contribution in [0.4, 0.5) is 20.3 Å². The highest BCUT2D eigenvalue weighted by Crippen LogP contribution is 2.38. The molecule has 5 rings (SSSR count). The zero-order valence-electron chi connectivity index (χ0n) is 25.0. The third-order valence-electron chi connectivity index (χ3n) is 8.58. The summed E-state index contributed by atoms with van der Waals surface area (Å²) in [5.41, 5.74) is 5.31. The van der Waals surface area contributed by atoms with Gasteiger partial charge in [0.25, 0.3) is 11.5 Å². The predicted octanol–water partition coefficient (Wildman–Crippen LogP) is 4.49. The number of carbonyl (C=O) groups is 1. The molecule has 0 spiro atoms. The first-order valence-corrected chi connectivity index (χ1v) is 14.6. The molecule has 2 aromatic rings. The van der Waals surface area contributed by atoms with Crippen LogP contribution in [0, 0.1) is 0 Å². The summed E-state index contributed by atoms with van der Waals surface area (Å²) in [5, 5.41) is 16.9. The number of allylic oxidation sites excluding steroid dienone is 2. The van der Waals surface area contributed by atoms with E-state index in [1.54, 1.807) is 30.3 Å². The SMILES string of the molecule is CNC(C)(C)C1=CC2=C(CC1)C(=O)N(c1cccc(-c3cn(C)c(=O)c(NC4=CC(CCC(F)F)N=C4)n3)c1CO)CC2. The van der Waals surface area contributed by atoms with Crippen LogP contribution < -0.4 is 21.1 Å². The molecule has 3 N–H and O–H groups in total. The maximum atomic E-state index is 13.8. The number of anilines is 2. The summed E-state index contributed by atoms with van der Waals surface area (Å²) in [4.78, 5) is 37.3. The van der Waals surface area contributed by atoms with Crippen molar-refractivity contribution in [2.24, 2.45) is 12.0 Å². The van der Waals surface area contributed by atoms with Crippen LogP contribution in [0.5, 0.6) is 0 Å². The lowest BCUT2D eigenvalue weighted by Crippen LogP contribution is -2.42. The molecule has 3 heterocycles. The van der Waals surface area contributed by atoms with Crippen molar-refractivity contribution in [2.75, 3.05) is 23.8 Å². The van der Waals surface area contributed by atoms with Crippen LogP contribution in [0.3, 0.4) is 0 Å². The number of halogens is 2. The average Bonchev–Trinajstić information content (AvgIpc) is 3.45. The van der Waals surface area contributed by atoms with Gasteiger partial charge in [0, 0.05) is 54.7 Å². The highest BCUT2D eigenvalue weighted by Gasteiger charge is 2.33. The number of carbonyl (C=O) groups excluding carboxylic acids is 1. The van der Waals surface area contributed by atoms with Crippen molar-refractivity contribution in [1.29, 1.82) is 0 Å². The summed E-state index contributed by atoms with van der Waals surface area (Å²) < 4.78 is 26.6. The van der Waals surface area contributed by atoms with E-state index in [9.17, 15) is 23.5 Å². The molecule has 0 fully saturated rings. The van der Waals surface area contributed by atoms with Gasteiger partial charge in [-0.25, -0.2) is 13.8 Å². The number of aliphatic hydroxyl groups excluding tert-OH is 1. The lowest BCUT2D eigenvalue weighted by molar-refractivity contribution is -0.115. The number of benzene rings is 1. The molecule has 0 saturated carbocycles. The smallest absolute Gasteiger partial charge is 0.293 e. The fourth-order valence-electron chi connectivity index (χ4n) is 5.82. The van der Waals surface area contributed by atoms with Crippen molar-refractivity contribution in [3.8, 4) is 11.3 Å². The molecule has 11 heteroatoms. The zero-order chi connectivity index (χ0) is 30.9. The second kappa shape index (κ2) is 12.3. The normalized spacial score (nSPS) is 18.7. The molecule has 0 radical (unpaired) electrons. The van der Waals surface area contributed by atoms with E-state index in [-0.39, 0.29) is 48.3 Å². The quantitative estimate of drug-likeness (QED) is 0.375. The number of alkyl halides is 2. The monoisotopic (exact) mass is 592 g/mol. The highest BCUT2D eigenvalue weighted by molar-refractivity contribution is 6.08. The summed E-state index contributed by atoms with van der Waals surface area (Å²) in [6.07, 6.45) is 6.68. The second-order valence-electron chi connectivity index (χ2n) is 11.7. The Morgan fingerprint density at radius 2 is 1.98 bits per heavy atom. The van der Waals surface area contributed by atoms with Crippen molar-refractivity contribution in [3.63, 3.8) is 0 Å². The summed E-state index contributed by atoms with van der Waals surface area (Å²) in [7, 11) is 3.54. The molecule has 1 atom stereocenters. The standard InChI is InChI=1S/C32H38F2N6O3/c1-32(2,35-3)20-8-10-23-19(14-20)12-13-40(30(23)42)27-7-5-6-24(25(27)18-41)26-17-39(4)31(43)29(38-26)37-22-15-21(36-16-22)9-11-28(33)34/h5-7,14-17,21,28,35,41H,8-13,18H2,1-4H3,(H,37,38). The van der Waals surface area contributed by atoms with Crippen molar-refractivity contribution < 1.29 is 18.7 Å². The van der Waals surface area contributed by atoms with Gasteiger partial charge in [0.15, 0.2) is 5.82 Å². The molecule has 1 aromatic heterocycles. The number of nitrogens with zero attached hydrogens (tertiary/aromatic N) is 4. The molecule has 0 saturated heterocycles. The minimum Gasteiger partial charge on any atom is -0.392 e. The number of aliphatic hydroxyl groups is 1. The number of aryl methyl sites for hydroxylation is 1. The van der Waals surface area contributed by atoms with E-state index >= 15 is 0 Å². The van der Waals surface area contributed by atoms with Gasteiger partial charge in [-0.05, 0) is 64.3 Å². The third-order valence-corrected chi connectivity index (χ3v) is 8.58. The van der Waals surface area contributed by atoms with Crippen LogP contribution in [-0.4, -0.2) is 58.4 Å². The number of aromatic nitrogens is 2. The van der Waals surface area contributed by atoms with Crippen molar-refractivity contribution in [2.45, 2.75) is 70.6 Å². The Kier molecular flexibility index (Phi) is 8.75. The number of hydrogen-bond acceptors (Lipinski definition) is 7. The van der Waals surface area contributed by atoms with Gasteiger partial charge in [-0.2, -0.15) is 0 Å². The fourth-order valence-corrected chi connectivity index (χ4v) is 5.82. The average molecular weight is 593 g/mol. The molecule has 2 aliphatic heterocycles. The minimum absolute atomic E-state index is 0.0413. The van der Waals surface area contributed by atoms with Crippen LogP contribution in [-0.2, 0) is 18.4 Å². The summed E-state index contributed by atoms with van der Waals surface area (Å²) in [6.45, 7) is 4.42. The number of nitrogens with one attached hydrogen (secondary N) is 2. The van der Waals surface area contributed by atoms with Gasteiger partial charge in [-0.15, -0.1) is 0 Å². The molecule has 1 unspecified atom stereocenters. The Morgan fingerprint density at radius 3 is 2.70 bits per heavy atom. The van der Waals surface area contributed by atoms with E-state index < -0.39 is 6.43 Å². The minimum atomic E-state index is -2.40. The first-order chi connectivity index (χ1) is 20.5. The Balaban J connectivity index is 1.45. The van der Waals surface area contributed by atoms with Gasteiger partial charge in [-0.3, -0.25) is 14.6 Å². The van der Waals surface area contributed by atoms with Gasteiger partial charge in [-0.1, -0.05) is 23.8 Å². The molecule has 9 nitrogen and oxygen atoms in total. The first kappa shape index (κ1) is 30.5. The van der Waals surface area contributed by atoms with Crippen LogP contribution in [0.2, 0.25) is 0 Å². The highest BCUT2D eigenvalue weighted by atomic mass is 19.3.